The van der Waals surface area contributed by atoms with Crippen molar-refractivity contribution < 1.29 is 8.42 Å². The third-order valence-electron chi connectivity index (χ3n) is 3.37. The molecule has 1 fully saturated rings. The van der Waals surface area contributed by atoms with Crippen LogP contribution in [-0.4, -0.2) is 39.6 Å². The molecule has 0 bridgehead atoms. The first-order valence-corrected chi connectivity index (χ1v) is 8.53. The van der Waals surface area contributed by atoms with Gasteiger partial charge in [0.25, 0.3) is 0 Å². The normalized spacial score (nSPS) is 22.5. The van der Waals surface area contributed by atoms with Gasteiger partial charge in [-0.2, -0.15) is 0 Å². The summed E-state index contributed by atoms with van der Waals surface area (Å²) in [6.45, 7) is 3.20. The van der Waals surface area contributed by atoms with Crippen molar-refractivity contribution >= 4 is 27.1 Å². The van der Waals surface area contributed by atoms with E-state index in [1.54, 1.807) is 0 Å². The Labute approximate surface area is 119 Å². The Morgan fingerprint density at radius 2 is 2.21 bits per heavy atom. The zero-order valence-corrected chi connectivity index (χ0v) is 12.8. The minimum atomic E-state index is -2.90. The maximum Gasteiger partial charge on any atom is 0.154 e. The molecular formula is C13H19ClN2O2S. The highest BCUT2D eigenvalue weighted by Crippen LogP contribution is 2.30. The van der Waals surface area contributed by atoms with Crippen LogP contribution in [0.2, 0.25) is 5.02 Å². The van der Waals surface area contributed by atoms with Crippen molar-refractivity contribution in [3.63, 3.8) is 0 Å². The SMILES string of the molecule is CNCc1ccc(N2CCS(=O)(=O)CC2C)c(Cl)c1. The summed E-state index contributed by atoms with van der Waals surface area (Å²) >= 11 is 6.32. The van der Waals surface area contributed by atoms with Crippen LogP contribution in [0.1, 0.15) is 12.5 Å². The number of hydrogen-bond acceptors (Lipinski definition) is 4. The van der Waals surface area contributed by atoms with Crippen LogP contribution in [-0.2, 0) is 16.4 Å². The van der Waals surface area contributed by atoms with Crippen LogP contribution in [0.3, 0.4) is 0 Å². The van der Waals surface area contributed by atoms with E-state index in [2.05, 4.69) is 10.2 Å². The van der Waals surface area contributed by atoms with Gasteiger partial charge in [-0.05, 0) is 31.7 Å². The molecule has 0 spiro atoms. The molecule has 0 aromatic heterocycles. The highest BCUT2D eigenvalue weighted by molar-refractivity contribution is 7.91. The minimum Gasteiger partial charge on any atom is -0.366 e. The molecule has 0 amide bonds. The van der Waals surface area contributed by atoms with E-state index >= 15 is 0 Å². The van der Waals surface area contributed by atoms with Crippen LogP contribution in [0, 0.1) is 0 Å². The summed E-state index contributed by atoms with van der Waals surface area (Å²) in [6, 6.07) is 5.90. The first-order valence-electron chi connectivity index (χ1n) is 6.33. The number of hydrogen-bond donors (Lipinski definition) is 1. The monoisotopic (exact) mass is 302 g/mol. The summed E-state index contributed by atoms with van der Waals surface area (Å²) in [4.78, 5) is 2.08. The third-order valence-corrected chi connectivity index (χ3v) is 5.47. The molecule has 0 radical (unpaired) electrons. The van der Waals surface area contributed by atoms with E-state index in [1.807, 2.05) is 32.2 Å². The highest BCUT2D eigenvalue weighted by Gasteiger charge is 2.29. The first kappa shape index (κ1) is 14.6. The number of nitrogens with one attached hydrogen (secondary N) is 1. The van der Waals surface area contributed by atoms with Crippen molar-refractivity contribution in [3.05, 3.63) is 28.8 Å². The van der Waals surface area contributed by atoms with Gasteiger partial charge in [-0.25, -0.2) is 8.42 Å². The smallest absolute Gasteiger partial charge is 0.154 e. The van der Waals surface area contributed by atoms with Gasteiger partial charge in [-0.15, -0.1) is 0 Å². The largest absolute Gasteiger partial charge is 0.366 e. The number of halogens is 1. The van der Waals surface area contributed by atoms with Gasteiger partial charge in [-0.3, -0.25) is 0 Å². The number of nitrogens with zero attached hydrogens (tertiary/aromatic N) is 1. The lowest BCUT2D eigenvalue weighted by atomic mass is 10.1. The molecule has 1 aromatic carbocycles. The van der Waals surface area contributed by atoms with Crippen LogP contribution in [0.4, 0.5) is 5.69 Å². The molecule has 0 saturated carbocycles. The Bertz CT molecular complexity index is 560. The second-order valence-electron chi connectivity index (χ2n) is 4.97. The van der Waals surface area contributed by atoms with Gasteiger partial charge < -0.3 is 10.2 Å². The predicted molar refractivity (Wildman–Crippen MR) is 79.7 cm³/mol. The zero-order chi connectivity index (χ0) is 14.0. The fraction of sp³-hybridized carbons (Fsp3) is 0.538. The van der Waals surface area contributed by atoms with Gasteiger partial charge in [0.1, 0.15) is 0 Å². The van der Waals surface area contributed by atoms with E-state index < -0.39 is 9.84 Å². The standard InChI is InChI=1S/C13H19ClN2O2S/c1-10-9-19(17,18)6-5-16(10)13-4-3-11(8-15-2)7-12(13)14/h3-4,7,10,15H,5-6,8-9H2,1-2H3. The molecule has 19 heavy (non-hydrogen) atoms. The molecule has 4 nitrogen and oxygen atoms in total. The molecule has 1 atom stereocenters. The number of rotatable bonds is 3. The molecule has 1 aliphatic heterocycles. The molecule has 1 aliphatic rings. The molecule has 0 aliphatic carbocycles. The summed E-state index contributed by atoms with van der Waals surface area (Å²) in [5, 5.41) is 3.76. The molecule has 1 heterocycles. The molecule has 2 rings (SSSR count). The van der Waals surface area contributed by atoms with Crippen LogP contribution < -0.4 is 10.2 Å². The average Bonchev–Trinajstić information content (AvgIpc) is 2.30. The lowest BCUT2D eigenvalue weighted by Crippen LogP contribution is -2.47. The Balaban J connectivity index is 2.23. The van der Waals surface area contributed by atoms with E-state index in [-0.39, 0.29) is 17.5 Å². The van der Waals surface area contributed by atoms with Crippen molar-refractivity contribution in [1.82, 2.24) is 5.32 Å². The zero-order valence-electron chi connectivity index (χ0n) is 11.2. The topological polar surface area (TPSA) is 49.4 Å². The van der Waals surface area contributed by atoms with Gasteiger partial charge >= 0.3 is 0 Å². The molecule has 6 heteroatoms. The van der Waals surface area contributed by atoms with Crippen LogP contribution in [0.25, 0.3) is 0 Å². The second-order valence-corrected chi connectivity index (χ2v) is 7.61. The lowest BCUT2D eigenvalue weighted by molar-refractivity contribution is 0.568. The van der Waals surface area contributed by atoms with Crippen molar-refractivity contribution in [2.45, 2.75) is 19.5 Å². The van der Waals surface area contributed by atoms with Gasteiger partial charge in [-0.1, -0.05) is 17.7 Å². The molecular weight excluding hydrogens is 284 g/mol. The minimum absolute atomic E-state index is 0.0357. The average molecular weight is 303 g/mol. The quantitative estimate of drug-likeness (QED) is 0.923. The molecule has 1 N–H and O–H groups in total. The Morgan fingerprint density at radius 1 is 1.47 bits per heavy atom. The van der Waals surface area contributed by atoms with Crippen molar-refractivity contribution in [2.75, 3.05) is 30.0 Å². The van der Waals surface area contributed by atoms with Crippen molar-refractivity contribution in [3.8, 4) is 0 Å². The predicted octanol–water partition coefficient (Wildman–Crippen LogP) is 1.68. The third kappa shape index (κ3) is 3.41. The summed E-state index contributed by atoms with van der Waals surface area (Å²) in [5.41, 5.74) is 2.04. The summed E-state index contributed by atoms with van der Waals surface area (Å²) in [5.74, 6) is 0.396. The van der Waals surface area contributed by atoms with Crippen molar-refractivity contribution in [1.29, 1.82) is 0 Å². The van der Waals surface area contributed by atoms with Crippen LogP contribution in [0.5, 0.6) is 0 Å². The molecule has 1 aromatic rings. The van der Waals surface area contributed by atoms with E-state index in [0.717, 1.165) is 17.8 Å². The number of sulfone groups is 1. The van der Waals surface area contributed by atoms with Gasteiger partial charge in [0, 0.05) is 19.1 Å². The summed E-state index contributed by atoms with van der Waals surface area (Å²) < 4.78 is 23.2. The van der Waals surface area contributed by atoms with Crippen molar-refractivity contribution in [2.24, 2.45) is 0 Å². The van der Waals surface area contributed by atoms with E-state index in [0.29, 0.717) is 11.6 Å². The molecule has 1 saturated heterocycles. The molecule has 106 valence electrons. The molecule has 1 unspecified atom stereocenters. The Hall–Kier alpha value is -0.780. The first-order chi connectivity index (χ1) is 8.93. The van der Waals surface area contributed by atoms with Crippen LogP contribution >= 0.6 is 11.6 Å². The van der Waals surface area contributed by atoms with Gasteiger partial charge in [0.2, 0.25) is 0 Å². The maximum atomic E-state index is 11.6. The summed E-state index contributed by atoms with van der Waals surface area (Å²) in [7, 11) is -1.01. The van der Waals surface area contributed by atoms with Crippen LogP contribution in [0.15, 0.2) is 18.2 Å². The van der Waals surface area contributed by atoms with E-state index in [9.17, 15) is 8.42 Å². The Morgan fingerprint density at radius 3 is 2.79 bits per heavy atom. The fourth-order valence-electron chi connectivity index (χ4n) is 2.45. The lowest BCUT2D eigenvalue weighted by Gasteiger charge is -2.35. The highest BCUT2D eigenvalue weighted by atomic mass is 35.5. The van der Waals surface area contributed by atoms with E-state index in [4.69, 9.17) is 11.6 Å². The van der Waals surface area contributed by atoms with Gasteiger partial charge in [0.05, 0.1) is 22.2 Å². The number of benzene rings is 1. The summed E-state index contributed by atoms with van der Waals surface area (Å²) in [6.07, 6.45) is 0. The fourth-order valence-corrected chi connectivity index (χ4v) is 4.32. The van der Waals surface area contributed by atoms with E-state index in [1.165, 1.54) is 0 Å². The second kappa shape index (κ2) is 5.69. The Kier molecular flexibility index (Phi) is 4.38. The maximum absolute atomic E-state index is 11.6. The number of anilines is 1. The van der Waals surface area contributed by atoms with Gasteiger partial charge in [0.15, 0.2) is 9.84 Å².